The first-order chi connectivity index (χ1) is 10.6. The minimum absolute atomic E-state index is 0.0844. The van der Waals surface area contributed by atoms with Crippen LogP contribution in [-0.2, 0) is 6.61 Å². The summed E-state index contributed by atoms with van der Waals surface area (Å²) in [5, 5.41) is 12.0. The summed E-state index contributed by atoms with van der Waals surface area (Å²) in [5.41, 5.74) is 1.45. The SMILES string of the molecule is O=[N+]([O-])c1cc(OCc2ccc3ccccc3n2)ccc1Cl. The number of hydrogen-bond donors (Lipinski definition) is 0. The molecule has 0 aliphatic heterocycles. The van der Waals surface area contributed by atoms with Crippen molar-refractivity contribution < 1.29 is 9.66 Å². The van der Waals surface area contributed by atoms with Crippen molar-refractivity contribution in [1.82, 2.24) is 4.98 Å². The van der Waals surface area contributed by atoms with Gasteiger partial charge in [0.15, 0.2) is 0 Å². The third-order valence-electron chi connectivity index (χ3n) is 3.16. The van der Waals surface area contributed by atoms with Gasteiger partial charge in [0, 0.05) is 5.39 Å². The van der Waals surface area contributed by atoms with Crippen molar-refractivity contribution in [3.8, 4) is 5.75 Å². The van der Waals surface area contributed by atoms with Crippen molar-refractivity contribution in [3.63, 3.8) is 0 Å². The van der Waals surface area contributed by atoms with E-state index in [1.807, 2.05) is 36.4 Å². The summed E-state index contributed by atoms with van der Waals surface area (Å²) >= 11 is 5.76. The van der Waals surface area contributed by atoms with Crippen molar-refractivity contribution in [2.24, 2.45) is 0 Å². The molecule has 0 aliphatic rings. The summed E-state index contributed by atoms with van der Waals surface area (Å²) in [5.74, 6) is 0.381. The van der Waals surface area contributed by atoms with Gasteiger partial charge in [-0.25, -0.2) is 4.98 Å². The molecule has 3 aromatic rings. The fourth-order valence-electron chi connectivity index (χ4n) is 2.07. The van der Waals surface area contributed by atoms with Crippen LogP contribution in [-0.4, -0.2) is 9.91 Å². The highest BCUT2D eigenvalue weighted by molar-refractivity contribution is 6.32. The molecule has 0 saturated carbocycles. The Kier molecular flexibility index (Phi) is 3.89. The molecule has 0 spiro atoms. The number of nitro benzene ring substituents is 1. The Morgan fingerprint density at radius 2 is 1.95 bits per heavy atom. The average molecular weight is 315 g/mol. The van der Waals surface area contributed by atoms with Crippen LogP contribution in [0.15, 0.2) is 54.6 Å². The minimum atomic E-state index is -0.538. The van der Waals surface area contributed by atoms with Crippen molar-refractivity contribution in [2.75, 3.05) is 0 Å². The molecule has 0 unspecified atom stereocenters. The molecule has 3 rings (SSSR count). The standard InChI is InChI=1S/C16H11ClN2O3/c17-14-8-7-13(9-16(14)19(20)21)22-10-12-6-5-11-3-1-2-4-15(11)18-12/h1-9H,10H2. The Morgan fingerprint density at radius 1 is 1.14 bits per heavy atom. The molecule has 0 fully saturated rings. The smallest absolute Gasteiger partial charge is 0.291 e. The summed E-state index contributed by atoms with van der Waals surface area (Å²) in [7, 11) is 0. The molecular formula is C16H11ClN2O3. The van der Waals surface area contributed by atoms with Crippen LogP contribution in [0.25, 0.3) is 10.9 Å². The number of fused-ring (bicyclic) bond motifs is 1. The summed E-state index contributed by atoms with van der Waals surface area (Å²) in [6.07, 6.45) is 0. The molecule has 5 nitrogen and oxygen atoms in total. The number of benzene rings is 2. The summed E-state index contributed by atoms with van der Waals surface area (Å²) in [6, 6.07) is 16.0. The van der Waals surface area contributed by atoms with E-state index in [4.69, 9.17) is 16.3 Å². The molecule has 0 amide bonds. The monoisotopic (exact) mass is 314 g/mol. The molecular weight excluding hydrogens is 304 g/mol. The molecule has 0 bridgehead atoms. The highest BCUT2D eigenvalue weighted by Crippen LogP contribution is 2.28. The molecule has 0 aliphatic carbocycles. The first-order valence-electron chi connectivity index (χ1n) is 6.55. The Bertz CT molecular complexity index is 852. The number of pyridine rings is 1. The van der Waals surface area contributed by atoms with E-state index < -0.39 is 4.92 Å². The quantitative estimate of drug-likeness (QED) is 0.529. The zero-order chi connectivity index (χ0) is 15.5. The maximum atomic E-state index is 10.8. The van der Waals surface area contributed by atoms with Gasteiger partial charge in [0.1, 0.15) is 17.4 Å². The number of aromatic nitrogens is 1. The van der Waals surface area contributed by atoms with Gasteiger partial charge < -0.3 is 4.74 Å². The van der Waals surface area contributed by atoms with E-state index in [-0.39, 0.29) is 17.3 Å². The minimum Gasteiger partial charge on any atom is -0.487 e. The Labute approximate surface area is 131 Å². The van der Waals surface area contributed by atoms with E-state index in [1.165, 1.54) is 12.1 Å². The average Bonchev–Trinajstić information content (AvgIpc) is 2.53. The maximum absolute atomic E-state index is 10.8. The number of hydrogen-bond acceptors (Lipinski definition) is 4. The van der Waals surface area contributed by atoms with Crippen LogP contribution in [0.3, 0.4) is 0 Å². The van der Waals surface area contributed by atoms with E-state index in [0.29, 0.717) is 5.75 Å². The second-order valence-electron chi connectivity index (χ2n) is 4.65. The lowest BCUT2D eigenvalue weighted by molar-refractivity contribution is -0.384. The van der Waals surface area contributed by atoms with Crippen molar-refractivity contribution in [2.45, 2.75) is 6.61 Å². The van der Waals surface area contributed by atoms with E-state index >= 15 is 0 Å². The molecule has 0 radical (unpaired) electrons. The molecule has 1 heterocycles. The predicted octanol–water partition coefficient (Wildman–Crippen LogP) is 4.38. The van der Waals surface area contributed by atoms with Crippen LogP contribution in [0.5, 0.6) is 5.75 Å². The van der Waals surface area contributed by atoms with Gasteiger partial charge in [0.25, 0.3) is 5.69 Å². The zero-order valence-corrected chi connectivity index (χ0v) is 12.2. The van der Waals surface area contributed by atoms with E-state index in [9.17, 15) is 10.1 Å². The summed E-state index contributed by atoms with van der Waals surface area (Å²) in [6.45, 7) is 0.226. The van der Waals surface area contributed by atoms with Crippen LogP contribution >= 0.6 is 11.6 Å². The third-order valence-corrected chi connectivity index (χ3v) is 3.48. The second kappa shape index (κ2) is 5.99. The molecule has 0 N–H and O–H groups in total. The topological polar surface area (TPSA) is 65.3 Å². The maximum Gasteiger partial charge on any atom is 0.291 e. The lowest BCUT2D eigenvalue weighted by atomic mass is 10.2. The van der Waals surface area contributed by atoms with E-state index in [0.717, 1.165) is 16.6 Å². The largest absolute Gasteiger partial charge is 0.487 e. The Hall–Kier alpha value is -2.66. The lowest BCUT2D eigenvalue weighted by Gasteiger charge is -2.07. The van der Waals surface area contributed by atoms with Gasteiger partial charge in [-0.3, -0.25) is 10.1 Å². The number of para-hydroxylation sites is 1. The normalized spacial score (nSPS) is 10.6. The molecule has 6 heteroatoms. The predicted molar refractivity (Wildman–Crippen MR) is 84.2 cm³/mol. The van der Waals surface area contributed by atoms with Crippen LogP contribution in [0.2, 0.25) is 5.02 Å². The van der Waals surface area contributed by atoms with Gasteiger partial charge >= 0.3 is 0 Å². The Balaban J connectivity index is 1.79. The van der Waals surface area contributed by atoms with Gasteiger partial charge in [-0.2, -0.15) is 0 Å². The zero-order valence-electron chi connectivity index (χ0n) is 11.4. The molecule has 2 aromatic carbocycles. The van der Waals surface area contributed by atoms with Crippen molar-refractivity contribution >= 4 is 28.2 Å². The second-order valence-corrected chi connectivity index (χ2v) is 5.06. The van der Waals surface area contributed by atoms with Crippen LogP contribution in [0.4, 0.5) is 5.69 Å². The van der Waals surface area contributed by atoms with Gasteiger partial charge in [-0.05, 0) is 24.3 Å². The van der Waals surface area contributed by atoms with E-state index in [1.54, 1.807) is 6.07 Å². The molecule has 110 valence electrons. The van der Waals surface area contributed by atoms with Gasteiger partial charge in [-0.15, -0.1) is 0 Å². The molecule has 1 aromatic heterocycles. The van der Waals surface area contributed by atoms with Gasteiger partial charge in [0.2, 0.25) is 0 Å². The van der Waals surface area contributed by atoms with Gasteiger partial charge in [0.05, 0.1) is 22.2 Å². The van der Waals surface area contributed by atoms with E-state index in [2.05, 4.69) is 4.98 Å². The van der Waals surface area contributed by atoms with Crippen molar-refractivity contribution in [1.29, 1.82) is 0 Å². The fraction of sp³-hybridized carbons (Fsp3) is 0.0625. The number of ether oxygens (including phenoxy) is 1. The highest BCUT2D eigenvalue weighted by Gasteiger charge is 2.13. The summed E-state index contributed by atoms with van der Waals surface area (Å²) in [4.78, 5) is 14.8. The number of rotatable bonds is 4. The van der Waals surface area contributed by atoms with Crippen LogP contribution in [0, 0.1) is 10.1 Å². The molecule has 22 heavy (non-hydrogen) atoms. The molecule has 0 saturated heterocycles. The van der Waals surface area contributed by atoms with Crippen LogP contribution in [0.1, 0.15) is 5.69 Å². The number of halogens is 1. The summed E-state index contributed by atoms with van der Waals surface area (Å²) < 4.78 is 5.56. The first kappa shape index (κ1) is 14.3. The first-order valence-corrected chi connectivity index (χ1v) is 6.93. The Morgan fingerprint density at radius 3 is 2.77 bits per heavy atom. The third kappa shape index (κ3) is 2.99. The number of nitro groups is 1. The molecule has 0 atom stereocenters. The van der Waals surface area contributed by atoms with Crippen molar-refractivity contribution in [3.05, 3.63) is 75.4 Å². The lowest BCUT2D eigenvalue weighted by Crippen LogP contribution is -1.99. The number of nitrogens with zero attached hydrogens (tertiary/aromatic N) is 2. The van der Waals surface area contributed by atoms with Crippen LogP contribution < -0.4 is 4.74 Å². The fourth-order valence-corrected chi connectivity index (χ4v) is 2.25. The highest BCUT2D eigenvalue weighted by atomic mass is 35.5. The van der Waals surface area contributed by atoms with Gasteiger partial charge in [-0.1, -0.05) is 35.9 Å².